The van der Waals surface area contributed by atoms with Gasteiger partial charge in [-0.3, -0.25) is 9.69 Å². The number of nitrogens with one attached hydrogen (secondary N) is 1. The number of hydrogen-bond donors (Lipinski definition) is 1. The summed E-state index contributed by atoms with van der Waals surface area (Å²) in [4.78, 5) is 16.8. The van der Waals surface area contributed by atoms with Crippen LogP contribution in [0.3, 0.4) is 0 Å². The smallest absolute Gasteiger partial charge is 0.224 e. The third kappa shape index (κ3) is 4.31. The fourth-order valence-electron chi connectivity index (χ4n) is 3.42. The highest BCUT2D eigenvalue weighted by Gasteiger charge is 2.24. The standard InChI is InChI=1S/C18H27N3O/c22-18(15-17-7-4-9-19-17)21-13-11-20(12-14-21)10-8-16-5-2-1-3-6-16/h1-3,5-6,17,19H,4,7-15H2. The largest absolute Gasteiger partial charge is 0.340 e. The first kappa shape index (κ1) is 15.5. The van der Waals surface area contributed by atoms with E-state index in [0.29, 0.717) is 18.4 Å². The molecule has 22 heavy (non-hydrogen) atoms. The van der Waals surface area contributed by atoms with Gasteiger partial charge in [0, 0.05) is 45.2 Å². The molecule has 0 spiro atoms. The van der Waals surface area contributed by atoms with Crippen LogP contribution in [-0.2, 0) is 11.2 Å². The van der Waals surface area contributed by atoms with Crippen LogP contribution in [0.5, 0.6) is 0 Å². The number of piperazine rings is 1. The molecule has 0 aliphatic carbocycles. The Bertz CT molecular complexity index is 462. The zero-order valence-corrected chi connectivity index (χ0v) is 13.3. The number of nitrogens with zero attached hydrogens (tertiary/aromatic N) is 2. The minimum absolute atomic E-state index is 0.335. The van der Waals surface area contributed by atoms with Gasteiger partial charge in [0.1, 0.15) is 0 Å². The Hall–Kier alpha value is -1.39. The van der Waals surface area contributed by atoms with E-state index in [4.69, 9.17) is 0 Å². The summed E-state index contributed by atoms with van der Waals surface area (Å²) < 4.78 is 0. The Morgan fingerprint density at radius 2 is 1.91 bits per heavy atom. The number of benzene rings is 1. The van der Waals surface area contributed by atoms with Crippen LogP contribution in [0.2, 0.25) is 0 Å². The Balaban J connectivity index is 1.37. The average molecular weight is 301 g/mol. The van der Waals surface area contributed by atoms with Crippen molar-refractivity contribution in [2.75, 3.05) is 39.3 Å². The van der Waals surface area contributed by atoms with Crippen LogP contribution < -0.4 is 5.32 Å². The molecular weight excluding hydrogens is 274 g/mol. The zero-order valence-electron chi connectivity index (χ0n) is 13.3. The van der Waals surface area contributed by atoms with Gasteiger partial charge in [-0.05, 0) is 31.4 Å². The van der Waals surface area contributed by atoms with Gasteiger partial charge in [0.05, 0.1) is 0 Å². The molecule has 1 N–H and O–H groups in total. The lowest BCUT2D eigenvalue weighted by Crippen LogP contribution is -2.50. The highest BCUT2D eigenvalue weighted by Crippen LogP contribution is 2.12. The second-order valence-electron chi connectivity index (χ2n) is 6.46. The van der Waals surface area contributed by atoms with Gasteiger partial charge in [-0.15, -0.1) is 0 Å². The average Bonchev–Trinajstić information content (AvgIpc) is 3.07. The molecular formula is C18H27N3O. The number of carbonyl (C=O) groups is 1. The lowest BCUT2D eigenvalue weighted by molar-refractivity contribution is -0.133. The third-order valence-corrected chi connectivity index (χ3v) is 4.87. The van der Waals surface area contributed by atoms with E-state index in [0.717, 1.165) is 52.1 Å². The van der Waals surface area contributed by atoms with Crippen LogP contribution in [0, 0.1) is 0 Å². The van der Waals surface area contributed by atoms with Crippen molar-refractivity contribution >= 4 is 5.91 Å². The van der Waals surface area contributed by atoms with Gasteiger partial charge in [0.2, 0.25) is 5.91 Å². The second-order valence-corrected chi connectivity index (χ2v) is 6.46. The number of hydrogen-bond acceptors (Lipinski definition) is 3. The minimum atomic E-state index is 0.335. The summed E-state index contributed by atoms with van der Waals surface area (Å²) in [5, 5.41) is 3.42. The summed E-state index contributed by atoms with van der Waals surface area (Å²) in [6, 6.07) is 11.1. The van der Waals surface area contributed by atoms with E-state index >= 15 is 0 Å². The van der Waals surface area contributed by atoms with E-state index in [-0.39, 0.29) is 0 Å². The van der Waals surface area contributed by atoms with Crippen LogP contribution in [0.15, 0.2) is 30.3 Å². The predicted molar refractivity (Wildman–Crippen MR) is 88.8 cm³/mol. The molecule has 2 heterocycles. The van der Waals surface area contributed by atoms with Crippen molar-refractivity contribution in [1.82, 2.24) is 15.1 Å². The van der Waals surface area contributed by atoms with Crippen molar-refractivity contribution in [3.8, 4) is 0 Å². The molecule has 1 aromatic carbocycles. The van der Waals surface area contributed by atoms with E-state index in [1.165, 1.54) is 12.0 Å². The summed E-state index contributed by atoms with van der Waals surface area (Å²) in [5.74, 6) is 0.335. The van der Waals surface area contributed by atoms with E-state index in [1.54, 1.807) is 0 Å². The third-order valence-electron chi connectivity index (χ3n) is 4.87. The molecule has 1 unspecified atom stereocenters. The van der Waals surface area contributed by atoms with E-state index < -0.39 is 0 Å². The van der Waals surface area contributed by atoms with Gasteiger partial charge in [-0.1, -0.05) is 30.3 Å². The number of carbonyl (C=O) groups excluding carboxylic acids is 1. The molecule has 2 aliphatic rings. The van der Waals surface area contributed by atoms with E-state index in [1.807, 2.05) is 0 Å². The van der Waals surface area contributed by atoms with Gasteiger partial charge in [0.15, 0.2) is 0 Å². The normalized spacial score (nSPS) is 22.9. The summed E-state index contributed by atoms with van der Waals surface area (Å²) in [7, 11) is 0. The Kier molecular flexibility index (Phi) is 5.46. The first-order valence-electron chi connectivity index (χ1n) is 8.59. The van der Waals surface area contributed by atoms with Crippen molar-refractivity contribution in [1.29, 1.82) is 0 Å². The maximum atomic E-state index is 12.3. The van der Waals surface area contributed by atoms with Gasteiger partial charge >= 0.3 is 0 Å². The van der Waals surface area contributed by atoms with Gasteiger partial charge in [0.25, 0.3) is 0 Å². The van der Waals surface area contributed by atoms with Gasteiger partial charge in [-0.25, -0.2) is 0 Å². The van der Waals surface area contributed by atoms with Gasteiger partial charge in [-0.2, -0.15) is 0 Å². The molecule has 0 radical (unpaired) electrons. The maximum Gasteiger partial charge on any atom is 0.224 e. The topological polar surface area (TPSA) is 35.6 Å². The van der Waals surface area contributed by atoms with Crippen molar-refractivity contribution in [2.24, 2.45) is 0 Å². The molecule has 4 nitrogen and oxygen atoms in total. The molecule has 4 heteroatoms. The lowest BCUT2D eigenvalue weighted by atomic mass is 10.1. The number of rotatable bonds is 5. The molecule has 0 bridgehead atoms. The van der Waals surface area contributed by atoms with Crippen LogP contribution in [0.25, 0.3) is 0 Å². The Morgan fingerprint density at radius 3 is 2.59 bits per heavy atom. The summed E-state index contributed by atoms with van der Waals surface area (Å²) >= 11 is 0. The van der Waals surface area contributed by atoms with Crippen molar-refractivity contribution < 1.29 is 4.79 Å². The van der Waals surface area contributed by atoms with Crippen molar-refractivity contribution in [2.45, 2.75) is 31.7 Å². The van der Waals surface area contributed by atoms with Crippen molar-refractivity contribution in [3.63, 3.8) is 0 Å². The first-order chi connectivity index (χ1) is 10.8. The fourth-order valence-corrected chi connectivity index (χ4v) is 3.42. The van der Waals surface area contributed by atoms with Gasteiger partial charge < -0.3 is 10.2 Å². The molecule has 2 fully saturated rings. The molecule has 0 saturated carbocycles. The number of amides is 1. The minimum Gasteiger partial charge on any atom is -0.340 e. The van der Waals surface area contributed by atoms with Crippen LogP contribution in [0.1, 0.15) is 24.8 Å². The quantitative estimate of drug-likeness (QED) is 0.895. The first-order valence-corrected chi connectivity index (χ1v) is 8.59. The van der Waals surface area contributed by atoms with Crippen LogP contribution >= 0.6 is 0 Å². The zero-order chi connectivity index (χ0) is 15.2. The van der Waals surface area contributed by atoms with E-state index in [2.05, 4.69) is 45.4 Å². The highest BCUT2D eigenvalue weighted by molar-refractivity contribution is 5.77. The summed E-state index contributed by atoms with van der Waals surface area (Å²) in [6.45, 7) is 5.97. The van der Waals surface area contributed by atoms with Crippen molar-refractivity contribution in [3.05, 3.63) is 35.9 Å². The summed E-state index contributed by atoms with van der Waals surface area (Å²) in [5.41, 5.74) is 1.40. The summed E-state index contributed by atoms with van der Waals surface area (Å²) in [6.07, 6.45) is 4.15. The molecule has 1 amide bonds. The molecule has 0 aromatic heterocycles. The Labute approximate surface area is 133 Å². The monoisotopic (exact) mass is 301 g/mol. The molecule has 120 valence electrons. The lowest BCUT2D eigenvalue weighted by Gasteiger charge is -2.35. The van der Waals surface area contributed by atoms with Crippen LogP contribution in [-0.4, -0.2) is 61.0 Å². The SMILES string of the molecule is O=C(CC1CCCN1)N1CCN(CCc2ccccc2)CC1. The Morgan fingerprint density at radius 1 is 1.14 bits per heavy atom. The second kappa shape index (κ2) is 7.75. The molecule has 2 aliphatic heterocycles. The van der Waals surface area contributed by atoms with Crippen LogP contribution in [0.4, 0.5) is 0 Å². The molecule has 2 saturated heterocycles. The maximum absolute atomic E-state index is 12.3. The highest BCUT2D eigenvalue weighted by atomic mass is 16.2. The molecule has 1 atom stereocenters. The molecule has 1 aromatic rings. The molecule has 3 rings (SSSR count). The predicted octanol–water partition coefficient (Wildman–Crippen LogP) is 1.52. The fraction of sp³-hybridized carbons (Fsp3) is 0.611. The van der Waals surface area contributed by atoms with E-state index in [9.17, 15) is 4.79 Å².